The fourth-order valence-electron chi connectivity index (χ4n) is 1.66. The van der Waals surface area contributed by atoms with Crippen molar-refractivity contribution in [3.63, 3.8) is 0 Å². The van der Waals surface area contributed by atoms with Crippen molar-refractivity contribution in [2.24, 2.45) is 0 Å². The number of hydrogen-bond acceptors (Lipinski definition) is 4. The Kier molecular flexibility index (Phi) is 6.10. The Morgan fingerprint density at radius 2 is 1.29 bits per heavy atom. The van der Waals surface area contributed by atoms with E-state index in [1.807, 2.05) is 0 Å². The summed E-state index contributed by atoms with van der Waals surface area (Å²) in [5.41, 5.74) is 0. The highest BCUT2D eigenvalue weighted by molar-refractivity contribution is 4.80. The van der Waals surface area contributed by atoms with E-state index >= 15 is 0 Å². The maximum atomic E-state index is 13.7. The lowest BCUT2D eigenvalue weighted by Gasteiger charge is -2.28. The van der Waals surface area contributed by atoms with E-state index in [9.17, 15) is 17.6 Å². The summed E-state index contributed by atoms with van der Waals surface area (Å²) in [4.78, 5) is 1.80. The fraction of sp³-hybridized carbons (Fsp3) is 1.00. The predicted molar refractivity (Wildman–Crippen MR) is 51.9 cm³/mol. The van der Waals surface area contributed by atoms with Crippen LogP contribution in [0.4, 0.5) is 17.6 Å². The smallest absolute Gasteiger partial charge is 0.349 e. The largest absolute Gasteiger partial charge is 0.369 e. The molecule has 1 aliphatic heterocycles. The highest BCUT2D eigenvalue weighted by Gasteiger charge is 2.48. The molecule has 0 radical (unpaired) electrons. The van der Waals surface area contributed by atoms with E-state index in [1.54, 1.807) is 0 Å². The number of ether oxygens (including phenoxy) is 2. The topological polar surface area (TPSA) is 24.9 Å². The lowest BCUT2D eigenvalue weighted by Crippen LogP contribution is -2.48. The van der Waals surface area contributed by atoms with Crippen molar-refractivity contribution in [2.75, 3.05) is 53.1 Å². The van der Waals surface area contributed by atoms with Gasteiger partial charge in [-0.1, -0.05) is 0 Å². The molecule has 4 nitrogen and oxygen atoms in total. The minimum Gasteiger partial charge on any atom is -0.349 e. The monoisotopic (exact) mass is 260 g/mol. The van der Waals surface area contributed by atoms with Crippen LogP contribution in [0, 0.1) is 0 Å². The van der Waals surface area contributed by atoms with Crippen LogP contribution in [0.2, 0.25) is 0 Å². The molecule has 1 rings (SSSR count). The summed E-state index contributed by atoms with van der Waals surface area (Å²) in [5, 5.41) is 0. The molecule has 0 aliphatic carbocycles. The van der Waals surface area contributed by atoms with Gasteiger partial charge in [0.15, 0.2) is 13.7 Å². The minimum absolute atomic E-state index is 0.0443. The first kappa shape index (κ1) is 14.6. The van der Waals surface area contributed by atoms with Crippen LogP contribution in [0.25, 0.3) is 0 Å². The first-order valence-corrected chi connectivity index (χ1v) is 5.28. The van der Waals surface area contributed by atoms with Gasteiger partial charge in [0.2, 0.25) is 0 Å². The van der Waals surface area contributed by atoms with Crippen LogP contribution in [0.15, 0.2) is 0 Å². The predicted octanol–water partition coefficient (Wildman–Crippen LogP) is 1.04. The van der Waals surface area contributed by atoms with Crippen LogP contribution >= 0.6 is 0 Å². The van der Waals surface area contributed by atoms with E-state index in [-0.39, 0.29) is 39.4 Å². The Hall–Kier alpha value is -0.440. The molecule has 0 aromatic heterocycles. The van der Waals surface area contributed by atoms with Gasteiger partial charge in [0, 0.05) is 26.2 Å². The molecule has 0 atom stereocenters. The normalized spacial score (nSPS) is 21.2. The number of halogens is 4. The van der Waals surface area contributed by atoms with Crippen LogP contribution in [0.3, 0.4) is 0 Å². The van der Waals surface area contributed by atoms with E-state index in [1.165, 1.54) is 0 Å². The molecule has 0 unspecified atom stereocenters. The number of rotatable bonds is 8. The van der Waals surface area contributed by atoms with Crippen molar-refractivity contribution in [2.45, 2.75) is 6.17 Å². The summed E-state index contributed by atoms with van der Waals surface area (Å²) < 4.78 is 59.4. The van der Waals surface area contributed by atoms with Crippen molar-refractivity contribution >= 4 is 0 Å². The first-order valence-electron chi connectivity index (χ1n) is 5.28. The van der Waals surface area contributed by atoms with Crippen LogP contribution in [0.1, 0.15) is 0 Å². The zero-order chi connectivity index (χ0) is 12.7. The zero-order valence-electron chi connectivity index (χ0n) is 9.38. The lowest BCUT2D eigenvalue weighted by molar-refractivity contribution is -0.216. The quantitative estimate of drug-likeness (QED) is 0.370. The van der Waals surface area contributed by atoms with Crippen molar-refractivity contribution in [1.82, 2.24) is 9.80 Å². The number of alkyl halides is 4. The van der Waals surface area contributed by atoms with Crippen LogP contribution < -0.4 is 0 Å². The van der Waals surface area contributed by atoms with Gasteiger partial charge in [0.05, 0.1) is 13.2 Å². The highest BCUT2D eigenvalue weighted by Crippen LogP contribution is 2.29. The molecular weight excluding hydrogens is 244 g/mol. The lowest BCUT2D eigenvalue weighted by atomic mass is 10.5. The third kappa shape index (κ3) is 4.06. The van der Waals surface area contributed by atoms with Crippen LogP contribution in [0.5, 0.6) is 0 Å². The molecule has 17 heavy (non-hydrogen) atoms. The summed E-state index contributed by atoms with van der Waals surface area (Å²) in [6.07, 6.45) is -3.11. The molecule has 0 spiro atoms. The third-order valence-electron chi connectivity index (χ3n) is 2.57. The number of hydrogen-bond donors (Lipinski definition) is 0. The standard InChI is InChI=1S/C9H16F4N2O2/c10-7-16-5-3-14-1-2-15(9(14,12)13)4-6-17-8-11/h1-8H2. The van der Waals surface area contributed by atoms with Gasteiger partial charge >= 0.3 is 6.17 Å². The van der Waals surface area contributed by atoms with Crippen LogP contribution in [-0.2, 0) is 9.47 Å². The van der Waals surface area contributed by atoms with Gasteiger partial charge in [-0.15, -0.1) is 0 Å². The van der Waals surface area contributed by atoms with Gasteiger partial charge in [-0.3, -0.25) is 0 Å². The van der Waals surface area contributed by atoms with E-state index in [4.69, 9.17) is 0 Å². The summed E-state index contributed by atoms with van der Waals surface area (Å²) >= 11 is 0. The molecular formula is C9H16F4N2O2. The molecule has 1 fully saturated rings. The zero-order valence-corrected chi connectivity index (χ0v) is 9.38. The second-order valence-corrected chi connectivity index (χ2v) is 3.52. The molecule has 0 aromatic carbocycles. The Morgan fingerprint density at radius 1 is 0.882 bits per heavy atom. The Morgan fingerprint density at radius 3 is 1.65 bits per heavy atom. The maximum absolute atomic E-state index is 13.7. The summed E-state index contributed by atoms with van der Waals surface area (Å²) in [7, 11) is 0. The van der Waals surface area contributed by atoms with E-state index in [2.05, 4.69) is 9.47 Å². The first-order chi connectivity index (χ1) is 8.12. The van der Waals surface area contributed by atoms with Crippen molar-refractivity contribution in [1.29, 1.82) is 0 Å². The van der Waals surface area contributed by atoms with Crippen molar-refractivity contribution < 1.29 is 27.0 Å². The molecule has 0 N–H and O–H groups in total. The van der Waals surface area contributed by atoms with Gasteiger partial charge in [0.1, 0.15) is 0 Å². The summed E-state index contributed by atoms with van der Waals surface area (Å²) in [6, 6.07) is 0. The van der Waals surface area contributed by atoms with Gasteiger partial charge in [-0.25, -0.2) is 18.6 Å². The highest BCUT2D eigenvalue weighted by atomic mass is 19.3. The molecule has 102 valence electrons. The summed E-state index contributed by atoms with van der Waals surface area (Å²) in [5.74, 6) is 0. The molecule has 0 aromatic rings. The van der Waals surface area contributed by atoms with Gasteiger partial charge in [-0.2, -0.15) is 8.78 Å². The van der Waals surface area contributed by atoms with Crippen LogP contribution in [-0.4, -0.2) is 69.1 Å². The fourth-order valence-corrected chi connectivity index (χ4v) is 1.66. The molecule has 1 saturated heterocycles. The van der Waals surface area contributed by atoms with Gasteiger partial charge in [-0.05, 0) is 0 Å². The molecule has 1 heterocycles. The molecule has 0 saturated carbocycles. The molecule has 1 aliphatic rings. The van der Waals surface area contributed by atoms with E-state index in [0.717, 1.165) is 9.80 Å². The van der Waals surface area contributed by atoms with Gasteiger partial charge < -0.3 is 9.47 Å². The molecule has 0 amide bonds. The van der Waals surface area contributed by atoms with Crippen molar-refractivity contribution in [3.8, 4) is 0 Å². The Balaban J connectivity index is 2.34. The average molecular weight is 260 g/mol. The van der Waals surface area contributed by atoms with Crippen molar-refractivity contribution in [3.05, 3.63) is 0 Å². The maximum Gasteiger partial charge on any atom is 0.369 e. The molecule has 8 heteroatoms. The SMILES string of the molecule is FCOCCN1CCN(CCOCF)C1(F)F. The number of nitrogens with zero attached hydrogens (tertiary/aromatic N) is 2. The third-order valence-corrected chi connectivity index (χ3v) is 2.57. The second kappa shape index (κ2) is 7.10. The summed E-state index contributed by atoms with van der Waals surface area (Å²) in [6.45, 7) is -1.88. The minimum atomic E-state index is -3.11. The Bertz CT molecular complexity index is 201. The Labute approximate surface area is 97.1 Å². The molecule has 0 bridgehead atoms. The van der Waals surface area contributed by atoms with E-state index in [0.29, 0.717) is 0 Å². The van der Waals surface area contributed by atoms with E-state index < -0.39 is 19.9 Å². The average Bonchev–Trinajstić information content (AvgIpc) is 2.56. The second-order valence-electron chi connectivity index (χ2n) is 3.52. The van der Waals surface area contributed by atoms with Gasteiger partial charge in [0.25, 0.3) is 0 Å².